The van der Waals surface area contributed by atoms with Crippen molar-refractivity contribution >= 4 is 15.9 Å². The van der Waals surface area contributed by atoms with Gasteiger partial charge in [0.15, 0.2) is 0 Å². The van der Waals surface area contributed by atoms with Gasteiger partial charge in [0.25, 0.3) is 0 Å². The van der Waals surface area contributed by atoms with Crippen molar-refractivity contribution in [2.45, 2.75) is 6.92 Å². The van der Waals surface area contributed by atoms with Gasteiger partial charge in [-0.05, 0) is 18.6 Å². The maximum atomic E-state index is 4.16. The standard InChI is InChI=1S/C11H9BrN2/c1-8-13-6-9(7-14-8)10-4-2-3-5-11(10)12/h2-7H,1H3. The molecule has 1 aromatic carbocycles. The molecule has 0 spiro atoms. The van der Waals surface area contributed by atoms with Crippen LogP contribution < -0.4 is 0 Å². The van der Waals surface area contributed by atoms with Crippen LogP contribution in [0.4, 0.5) is 0 Å². The maximum absolute atomic E-state index is 4.16. The van der Waals surface area contributed by atoms with Gasteiger partial charge < -0.3 is 0 Å². The summed E-state index contributed by atoms with van der Waals surface area (Å²) in [6.07, 6.45) is 3.67. The van der Waals surface area contributed by atoms with Crippen LogP contribution in [0, 0.1) is 6.92 Å². The van der Waals surface area contributed by atoms with Gasteiger partial charge in [0.1, 0.15) is 5.82 Å². The average molecular weight is 249 g/mol. The lowest BCUT2D eigenvalue weighted by atomic mass is 10.1. The molecule has 0 aliphatic heterocycles. The first-order chi connectivity index (χ1) is 6.77. The molecular weight excluding hydrogens is 240 g/mol. The Kier molecular flexibility index (Phi) is 2.59. The van der Waals surface area contributed by atoms with Crippen LogP contribution in [0.5, 0.6) is 0 Å². The number of halogens is 1. The van der Waals surface area contributed by atoms with Crippen LogP contribution in [-0.4, -0.2) is 9.97 Å². The summed E-state index contributed by atoms with van der Waals surface area (Å²) in [5, 5.41) is 0. The minimum Gasteiger partial charge on any atom is -0.241 e. The van der Waals surface area contributed by atoms with Crippen molar-refractivity contribution in [3.8, 4) is 11.1 Å². The third-order valence-electron chi connectivity index (χ3n) is 1.97. The minimum absolute atomic E-state index is 0.792. The molecule has 3 heteroatoms. The molecule has 0 fully saturated rings. The number of aromatic nitrogens is 2. The molecule has 0 atom stereocenters. The molecule has 0 unspecified atom stereocenters. The van der Waals surface area contributed by atoms with Gasteiger partial charge in [0, 0.05) is 22.4 Å². The van der Waals surface area contributed by atoms with Crippen molar-refractivity contribution in [2.75, 3.05) is 0 Å². The predicted molar refractivity (Wildman–Crippen MR) is 59.9 cm³/mol. The van der Waals surface area contributed by atoms with E-state index in [0.717, 1.165) is 21.4 Å². The van der Waals surface area contributed by atoms with E-state index in [9.17, 15) is 0 Å². The lowest BCUT2D eigenvalue weighted by Gasteiger charge is -2.02. The fraction of sp³-hybridized carbons (Fsp3) is 0.0909. The molecule has 0 bridgehead atoms. The number of hydrogen-bond donors (Lipinski definition) is 0. The number of aryl methyl sites for hydroxylation is 1. The summed E-state index contributed by atoms with van der Waals surface area (Å²) >= 11 is 3.50. The van der Waals surface area contributed by atoms with E-state index in [0.29, 0.717) is 0 Å². The van der Waals surface area contributed by atoms with Crippen LogP contribution in [0.15, 0.2) is 41.1 Å². The first kappa shape index (κ1) is 9.34. The fourth-order valence-corrected chi connectivity index (χ4v) is 1.74. The van der Waals surface area contributed by atoms with Crippen LogP contribution in [0.2, 0.25) is 0 Å². The van der Waals surface area contributed by atoms with Crippen molar-refractivity contribution in [1.29, 1.82) is 0 Å². The number of hydrogen-bond acceptors (Lipinski definition) is 2. The molecule has 70 valence electrons. The van der Waals surface area contributed by atoms with Gasteiger partial charge in [-0.15, -0.1) is 0 Å². The SMILES string of the molecule is Cc1ncc(-c2ccccc2Br)cn1. The van der Waals surface area contributed by atoms with Gasteiger partial charge in [-0.25, -0.2) is 9.97 Å². The van der Waals surface area contributed by atoms with Gasteiger partial charge >= 0.3 is 0 Å². The highest BCUT2D eigenvalue weighted by molar-refractivity contribution is 9.10. The molecule has 0 aliphatic carbocycles. The first-order valence-electron chi connectivity index (χ1n) is 4.31. The van der Waals surface area contributed by atoms with E-state index < -0.39 is 0 Å². The monoisotopic (exact) mass is 248 g/mol. The molecule has 1 heterocycles. The minimum atomic E-state index is 0.792. The second kappa shape index (κ2) is 3.88. The lowest BCUT2D eigenvalue weighted by molar-refractivity contribution is 1.06. The van der Waals surface area contributed by atoms with E-state index >= 15 is 0 Å². The quantitative estimate of drug-likeness (QED) is 0.775. The zero-order valence-electron chi connectivity index (χ0n) is 7.74. The van der Waals surface area contributed by atoms with Crippen molar-refractivity contribution in [1.82, 2.24) is 9.97 Å². The van der Waals surface area contributed by atoms with E-state index in [1.54, 1.807) is 0 Å². The Labute approximate surface area is 91.2 Å². The summed E-state index contributed by atoms with van der Waals surface area (Å²) in [5.41, 5.74) is 2.15. The van der Waals surface area contributed by atoms with Crippen molar-refractivity contribution in [3.05, 3.63) is 47.0 Å². The van der Waals surface area contributed by atoms with Crippen LogP contribution >= 0.6 is 15.9 Å². The average Bonchev–Trinajstić information content (AvgIpc) is 2.20. The van der Waals surface area contributed by atoms with E-state index in [1.807, 2.05) is 43.6 Å². The molecule has 2 nitrogen and oxygen atoms in total. The molecule has 0 amide bonds. The Morgan fingerprint density at radius 3 is 2.36 bits per heavy atom. The molecular formula is C11H9BrN2. The highest BCUT2D eigenvalue weighted by Crippen LogP contribution is 2.26. The second-order valence-electron chi connectivity index (χ2n) is 3.00. The van der Waals surface area contributed by atoms with E-state index in [4.69, 9.17) is 0 Å². The predicted octanol–water partition coefficient (Wildman–Crippen LogP) is 3.21. The van der Waals surface area contributed by atoms with Crippen LogP contribution in [0.3, 0.4) is 0 Å². The molecule has 0 N–H and O–H groups in total. The van der Waals surface area contributed by atoms with Gasteiger partial charge in [-0.1, -0.05) is 34.1 Å². The molecule has 0 radical (unpaired) electrons. The summed E-state index contributed by atoms with van der Waals surface area (Å²) < 4.78 is 1.06. The Bertz CT molecular complexity index is 437. The maximum Gasteiger partial charge on any atom is 0.125 e. The Balaban J connectivity index is 2.50. The third-order valence-corrected chi connectivity index (χ3v) is 2.66. The zero-order valence-corrected chi connectivity index (χ0v) is 9.32. The highest BCUT2D eigenvalue weighted by Gasteiger charge is 2.01. The van der Waals surface area contributed by atoms with Crippen molar-refractivity contribution in [2.24, 2.45) is 0 Å². The zero-order chi connectivity index (χ0) is 9.97. The molecule has 0 aliphatic rings. The normalized spacial score (nSPS) is 10.1. The summed E-state index contributed by atoms with van der Waals surface area (Å²) in [4.78, 5) is 8.33. The third kappa shape index (κ3) is 1.82. The highest BCUT2D eigenvalue weighted by atomic mass is 79.9. The summed E-state index contributed by atoms with van der Waals surface area (Å²) in [7, 11) is 0. The topological polar surface area (TPSA) is 25.8 Å². The molecule has 0 saturated carbocycles. The van der Waals surface area contributed by atoms with Crippen molar-refractivity contribution < 1.29 is 0 Å². The van der Waals surface area contributed by atoms with Gasteiger partial charge in [0.2, 0.25) is 0 Å². The van der Waals surface area contributed by atoms with E-state index in [2.05, 4.69) is 25.9 Å². The smallest absolute Gasteiger partial charge is 0.125 e. The number of benzene rings is 1. The molecule has 14 heavy (non-hydrogen) atoms. The fourth-order valence-electron chi connectivity index (χ4n) is 1.23. The lowest BCUT2D eigenvalue weighted by Crippen LogP contribution is -1.87. The first-order valence-corrected chi connectivity index (χ1v) is 5.10. The van der Waals surface area contributed by atoms with Crippen molar-refractivity contribution in [3.63, 3.8) is 0 Å². The summed E-state index contributed by atoms with van der Waals surface area (Å²) in [6, 6.07) is 8.04. The Morgan fingerprint density at radius 2 is 1.71 bits per heavy atom. The van der Waals surface area contributed by atoms with E-state index in [-0.39, 0.29) is 0 Å². The number of rotatable bonds is 1. The van der Waals surface area contributed by atoms with Gasteiger partial charge in [0.05, 0.1) is 0 Å². The van der Waals surface area contributed by atoms with Crippen LogP contribution in [-0.2, 0) is 0 Å². The van der Waals surface area contributed by atoms with Crippen LogP contribution in [0.1, 0.15) is 5.82 Å². The van der Waals surface area contributed by atoms with Crippen LogP contribution in [0.25, 0.3) is 11.1 Å². The largest absolute Gasteiger partial charge is 0.241 e. The molecule has 1 aromatic heterocycles. The Hall–Kier alpha value is -1.22. The van der Waals surface area contributed by atoms with E-state index in [1.165, 1.54) is 0 Å². The van der Waals surface area contributed by atoms with Gasteiger partial charge in [-0.2, -0.15) is 0 Å². The molecule has 2 aromatic rings. The summed E-state index contributed by atoms with van der Waals surface area (Å²) in [5.74, 6) is 0.792. The van der Waals surface area contributed by atoms with Gasteiger partial charge in [-0.3, -0.25) is 0 Å². The number of nitrogens with zero attached hydrogens (tertiary/aromatic N) is 2. The summed E-state index contributed by atoms with van der Waals surface area (Å²) in [6.45, 7) is 1.88. The molecule has 2 rings (SSSR count). The molecule has 0 saturated heterocycles. The second-order valence-corrected chi connectivity index (χ2v) is 3.85. The Morgan fingerprint density at radius 1 is 1.07 bits per heavy atom.